The van der Waals surface area contributed by atoms with Crippen LogP contribution in [0, 0.1) is 17.8 Å². The number of hydrogen-bond acceptors (Lipinski definition) is 2. The van der Waals surface area contributed by atoms with E-state index in [0.29, 0.717) is 12.1 Å². The second kappa shape index (κ2) is 8.16. The van der Waals surface area contributed by atoms with Crippen LogP contribution in [-0.2, 0) is 4.74 Å². The number of hydrogen-bond donors (Lipinski definition) is 1. The molecule has 1 aliphatic rings. The van der Waals surface area contributed by atoms with E-state index in [1.54, 1.807) is 0 Å². The Bertz CT molecular complexity index is 217. The summed E-state index contributed by atoms with van der Waals surface area (Å²) in [6.07, 6.45) is 5.67. The highest BCUT2D eigenvalue weighted by molar-refractivity contribution is 4.81. The molecule has 0 aromatic rings. The van der Waals surface area contributed by atoms with Crippen molar-refractivity contribution in [1.29, 1.82) is 0 Å². The summed E-state index contributed by atoms with van der Waals surface area (Å²) in [5.74, 6) is 2.36. The van der Waals surface area contributed by atoms with Crippen molar-refractivity contribution in [3.05, 3.63) is 0 Å². The van der Waals surface area contributed by atoms with Gasteiger partial charge >= 0.3 is 0 Å². The smallest absolute Gasteiger partial charge is 0.0608 e. The number of rotatable bonds is 7. The van der Waals surface area contributed by atoms with Crippen LogP contribution in [0.3, 0.4) is 0 Å². The van der Waals surface area contributed by atoms with E-state index >= 15 is 0 Å². The second-order valence-corrected chi connectivity index (χ2v) is 6.50. The van der Waals surface area contributed by atoms with E-state index < -0.39 is 0 Å². The van der Waals surface area contributed by atoms with E-state index in [9.17, 15) is 0 Å². The van der Waals surface area contributed by atoms with Crippen LogP contribution in [0.25, 0.3) is 0 Å². The SMILES string of the molecule is CCC(C)NCCOC1CC(C)CCC1C(C)C. The van der Waals surface area contributed by atoms with Crippen molar-refractivity contribution in [1.82, 2.24) is 5.32 Å². The predicted molar refractivity (Wildman–Crippen MR) is 78.8 cm³/mol. The van der Waals surface area contributed by atoms with Gasteiger partial charge in [-0.15, -0.1) is 0 Å². The van der Waals surface area contributed by atoms with Gasteiger partial charge in [-0.3, -0.25) is 0 Å². The molecule has 1 rings (SSSR count). The molecule has 0 radical (unpaired) electrons. The van der Waals surface area contributed by atoms with Crippen molar-refractivity contribution >= 4 is 0 Å². The lowest BCUT2D eigenvalue weighted by molar-refractivity contribution is -0.0371. The van der Waals surface area contributed by atoms with Gasteiger partial charge in [-0.2, -0.15) is 0 Å². The minimum atomic E-state index is 0.493. The quantitative estimate of drug-likeness (QED) is 0.698. The molecular formula is C16H33NO. The van der Waals surface area contributed by atoms with E-state index in [0.717, 1.165) is 30.9 Å². The molecule has 0 spiro atoms. The van der Waals surface area contributed by atoms with Gasteiger partial charge in [0, 0.05) is 12.6 Å². The van der Waals surface area contributed by atoms with Crippen LogP contribution >= 0.6 is 0 Å². The molecule has 2 heteroatoms. The van der Waals surface area contributed by atoms with Crippen molar-refractivity contribution in [2.75, 3.05) is 13.2 Å². The van der Waals surface area contributed by atoms with Crippen molar-refractivity contribution < 1.29 is 4.74 Å². The lowest BCUT2D eigenvalue weighted by Crippen LogP contribution is -2.37. The molecule has 0 amide bonds. The Kier molecular flexibility index (Phi) is 7.25. The van der Waals surface area contributed by atoms with E-state index in [1.807, 2.05) is 0 Å². The molecule has 0 bridgehead atoms. The fourth-order valence-corrected chi connectivity index (χ4v) is 2.97. The summed E-state index contributed by atoms with van der Waals surface area (Å²) in [5.41, 5.74) is 0. The monoisotopic (exact) mass is 255 g/mol. The summed E-state index contributed by atoms with van der Waals surface area (Å²) in [6, 6.07) is 0.611. The molecule has 4 atom stereocenters. The van der Waals surface area contributed by atoms with Crippen LogP contribution < -0.4 is 5.32 Å². The highest BCUT2D eigenvalue weighted by Gasteiger charge is 2.31. The molecule has 0 aromatic carbocycles. The summed E-state index contributed by atoms with van der Waals surface area (Å²) in [4.78, 5) is 0. The molecule has 0 aromatic heterocycles. The molecule has 0 heterocycles. The summed E-state index contributed by atoms with van der Waals surface area (Å²) in [6.45, 7) is 13.4. The van der Waals surface area contributed by atoms with Gasteiger partial charge in [0.1, 0.15) is 0 Å². The Hall–Kier alpha value is -0.0800. The largest absolute Gasteiger partial charge is 0.377 e. The standard InChI is InChI=1S/C16H33NO/c1-6-14(5)17-9-10-18-16-11-13(4)7-8-15(16)12(2)3/h12-17H,6-11H2,1-5H3. The average molecular weight is 255 g/mol. The molecule has 1 aliphatic carbocycles. The van der Waals surface area contributed by atoms with Gasteiger partial charge in [0.25, 0.3) is 0 Å². The third kappa shape index (κ3) is 5.27. The third-order valence-electron chi connectivity index (χ3n) is 4.50. The maximum Gasteiger partial charge on any atom is 0.0608 e. The van der Waals surface area contributed by atoms with Gasteiger partial charge in [0.2, 0.25) is 0 Å². The topological polar surface area (TPSA) is 21.3 Å². The van der Waals surface area contributed by atoms with Gasteiger partial charge in [-0.25, -0.2) is 0 Å². The van der Waals surface area contributed by atoms with Crippen LogP contribution in [0.5, 0.6) is 0 Å². The van der Waals surface area contributed by atoms with Crippen molar-refractivity contribution in [2.24, 2.45) is 17.8 Å². The van der Waals surface area contributed by atoms with Gasteiger partial charge in [-0.1, -0.05) is 34.1 Å². The average Bonchev–Trinajstić information content (AvgIpc) is 2.34. The zero-order chi connectivity index (χ0) is 13.5. The van der Waals surface area contributed by atoms with Crippen LogP contribution in [0.4, 0.5) is 0 Å². The number of nitrogens with one attached hydrogen (secondary N) is 1. The third-order valence-corrected chi connectivity index (χ3v) is 4.50. The Labute approximate surface area is 114 Å². The summed E-state index contributed by atoms with van der Waals surface area (Å²) >= 11 is 0. The molecule has 1 fully saturated rings. The normalized spacial score (nSPS) is 30.7. The van der Waals surface area contributed by atoms with E-state index in [1.165, 1.54) is 25.7 Å². The minimum absolute atomic E-state index is 0.493. The zero-order valence-electron chi connectivity index (χ0n) is 13.0. The van der Waals surface area contributed by atoms with Crippen LogP contribution in [-0.4, -0.2) is 25.3 Å². The Morgan fingerprint density at radius 1 is 1.22 bits per heavy atom. The maximum atomic E-state index is 6.16. The maximum absolute atomic E-state index is 6.16. The summed E-state index contributed by atoms with van der Waals surface area (Å²) in [5, 5.41) is 3.50. The molecule has 0 saturated heterocycles. The summed E-state index contributed by atoms with van der Waals surface area (Å²) in [7, 11) is 0. The van der Waals surface area contributed by atoms with E-state index in [-0.39, 0.29) is 0 Å². The van der Waals surface area contributed by atoms with Crippen LogP contribution in [0.1, 0.15) is 60.3 Å². The fourth-order valence-electron chi connectivity index (χ4n) is 2.97. The molecule has 18 heavy (non-hydrogen) atoms. The first-order valence-electron chi connectivity index (χ1n) is 7.89. The van der Waals surface area contributed by atoms with Crippen molar-refractivity contribution in [3.8, 4) is 0 Å². The Morgan fingerprint density at radius 2 is 1.94 bits per heavy atom. The highest BCUT2D eigenvalue weighted by atomic mass is 16.5. The molecule has 2 nitrogen and oxygen atoms in total. The first-order valence-corrected chi connectivity index (χ1v) is 7.89. The first kappa shape index (κ1) is 16.0. The highest BCUT2D eigenvalue weighted by Crippen LogP contribution is 2.35. The van der Waals surface area contributed by atoms with Gasteiger partial charge in [0.15, 0.2) is 0 Å². The Balaban J connectivity index is 2.28. The van der Waals surface area contributed by atoms with Crippen LogP contribution in [0.2, 0.25) is 0 Å². The van der Waals surface area contributed by atoms with Crippen LogP contribution in [0.15, 0.2) is 0 Å². The Morgan fingerprint density at radius 3 is 2.56 bits per heavy atom. The molecule has 1 saturated carbocycles. The molecule has 0 aliphatic heterocycles. The molecule has 4 unspecified atom stereocenters. The van der Waals surface area contributed by atoms with Crippen molar-refractivity contribution in [2.45, 2.75) is 72.4 Å². The first-order chi connectivity index (χ1) is 8.54. The number of ether oxygens (including phenoxy) is 1. The van der Waals surface area contributed by atoms with Gasteiger partial charge in [0.05, 0.1) is 12.7 Å². The van der Waals surface area contributed by atoms with E-state index in [2.05, 4.69) is 39.9 Å². The molecular weight excluding hydrogens is 222 g/mol. The fraction of sp³-hybridized carbons (Fsp3) is 1.00. The molecule has 108 valence electrons. The molecule has 1 N–H and O–H groups in total. The summed E-state index contributed by atoms with van der Waals surface area (Å²) < 4.78 is 6.16. The minimum Gasteiger partial charge on any atom is -0.377 e. The predicted octanol–water partition coefficient (Wildman–Crippen LogP) is 3.85. The lowest BCUT2D eigenvalue weighted by Gasteiger charge is -2.37. The zero-order valence-corrected chi connectivity index (χ0v) is 13.0. The van der Waals surface area contributed by atoms with Gasteiger partial charge < -0.3 is 10.1 Å². The van der Waals surface area contributed by atoms with Gasteiger partial charge in [-0.05, 0) is 43.9 Å². The van der Waals surface area contributed by atoms with E-state index in [4.69, 9.17) is 4.74 Å². The lowest BCUT2D eigenvalue weighted by atomic mass is 9.75. The second-order valence-electron chi connectivity index (χ2n) is 6.50. The van der Waals surface area contributed by atoms with Crippen molar-refractivity contribution in [3.63, 3.8) is 0 Å².